The molecule has 0 bridgehead atoms. The van der Waals surface area contributed by atoms with Gasteiger partial charge in [0.05, 0.1) is 11.2 Å². The van der Waals surface area contributed by atoms with Crippen molar-refractivity contribution in [2.24, 2.45) is 0 Å². The predicted octanol–water partition coefficient (Wildman–Crippen LogP) is 1.36. The van der Waals surface area contributed by atoms with Gasteiger partial charge in [0.15, 0.2) is 0 Å². The second-order valence-electron chi connectivity index (χ2n) is 7.46. The van der Waals surface area contributed by atoms with Gasteiger partial charge in [-0.1, -0.05) is 12.1 Å². The summed E-state index contributed by atoms with van der Waals surface area (Å²) in [4.78, 5) is 24.6. The molecule has 2 saturated heterocycles. The summed E-state index contributed by atoms with van der Waals surface area (Å²) in [5.41, 5.74) is 0.808. The number of carbonyl (C=O) groups excluding carboxylic acids is 1. The molecule has 8 heteroatoms. The zero-order valence-electron chi connectivity index (χ0n) is 14.9. The summed E-state index contributed by atoms with van der Waals surface area (Å²) in [7, 11) is -0.449. The molecule has 2 amide bonds. The van der Waals surface area contributed by atoms with Crippen LogP contribution in [-0.2, 0) is 14.1 Å². The van der Waals surface area contributed by atoms with Crippen molar-refractivity contribution in [1.82, 2.24) is 5.32 Å². The molecule has 0 aromatic heterocycles. The van der Waals surface area contributed by atoms with E-state index in [9.17, 15) is 9.59 Å². The monoisotopic (exact) mass is 346 g/mol. The van der Waals surface area contributed by atoms with Gasteiger partial charge >= 0.3 is 13.2 Å². The molecule has 2 N–H and O–H groups in total. The lowest BCUT2D eigenvalue weighted by Crippen LogP contribution is -2.41. The van der Waals surface area contributed by atoms with Crippen molar-refractivity contribution in [1.29, 1.82) is 0 Å². The van der Waals surface area contributed by atoms with Gasteiger partial charge in [0.25, 0.3) is 0 Å². The molecule has 2 aliphatic heterocycles. The van der Waals surface area contributed by atoms with Gasteiger partial charge in [-0.05, 0) is 51.7 Å². The molecule has 1 unspecified atom stereocenters. The van der Waals surface area contributed by atoms with Crippen LogP contribution in [-0.4, -0.2) is 48.0 Å². The van der Waals surface area contributed by atoms with Gasteiger partial charge < -0.3 is 24.6 Å². The summed E-state index contributed by atoms with van der Waals surface area (Å²) in [5.74, 6) is -0.231. The van der Waals surface area contributed by atoms with E-state index in [-0.39, 0.29) is 5.91 Å². The third-order valence-corrected chi connectivity index (χ3v) is 5.23. The Hall–Kier alpha value is -2.06. The van der Waals surface area contributed by atoms with Gasteiger partial charge in [0.2, 0.25) is 5.91 Å². The van der Waals surface area contributed by atoms with E-state index in [4.69, 9.17) is 14.4 Å². The quantitative estimate of drug-likeness (QED) is 0.807. The maximum Gasteiger partial charge on any atom is 0.494 e. The van der Waals surface area contributed by atoms with Crippen molar-refractivity contribution >= 4 is 30.3 Å². The molecule has 25 heavy (non-hydrogen) atoms. The Kier molecular flexibility index (Phi) is 4.29. The highest BCUT2D eigenvalue weighted by Crippen LogP contribution is 2.36. The maximum atomic E-state index is 12.3. The summed E-state index contributed by atoms with van der Waals surface area (Å²) >= 11 is 0. The third kappa shape index (κ3) is 3.24. The van der Waals surface area contributed by atoms with Crippen molar-refractivity contribution in [2.75, 3.05) is 11.4 Å². The molecule has 1 aromatic carbocycles. The van der Waals surface area contributed by atoms with Gasteiger partial charge in [-0.25, -0.2) is 4.79 Å². The molecule has 0 radical (unpaired) electrons. The zero-order valence-corrected chi connectivity index (χ0v) is 14.9. The zero-order chi connectivity index (χ0) is 18.4. The normalized spacial score (nSPS) is 24.6. The van der Waals surface area contributed by atoms with E-state index in [0.717, 1.165) is 11.2 Å². The maximum absolute atomic E-state index is 12.3. The molecule has 0 spiro atoms. The van der Waals surface area contributed by atoms with E-state index >= 15 is 0 Å². The summed E-state index contributed by atoms with van der Waals surface area (Å²) in [5, 5.41) is 11.0. The lowest BCUT2D eigenvalue weighted by atomic mass is 9.79. The third-order valence-electron chi connectivity index (χ3n) is 5.23. The summed E-state index contributed by atoms with van der Waals surface area (Å²) in [6, 6.07) is 6.74. The SMILES string of the molecule is CC1(C)OB(c2ccc(N3CCC(NC(=O)O)C3=O)cc2)OC1(C)C. The number of benzene rings is 1. The Morgan fingerprint density at radius 2 is 1.76 bits per heavy atom. The Morgan fingerprint density at radius 3 is 2.28 bits per heavy atom. The van der Waals surface area contributed by atoms with Crippen molar-refractivity contribution in [2.45, 2.75) is 51.4 Å². The van der Waals surface area contributed by atoms with E-state index in [1.807, 2.05) is 52.0 Å². The number of nitrogens with one attached hydrogen (secondary N) is 1. The van der Waals surface area contributed by atoms with Crippen LogP contribution in [0.3, 0.4) is 0 Å². The lowest BCUT2D eigenvalue weighted by Gasteiger charge is -2.32. The minimum atomic E-state index is -1.18. The van der Waals surface area contributed by atoms with E-state index in [1.54, 1.807) is 4.90 Å². The summed E-state index contributed by atoms with van der Waals surface area (Å²) in [6.45, 7) is 8.49. The number of carboxylic acid groups (broad SMARTS) is 1. The van der Waals surface area contributed by atoms with Gasteiger partial charge in [0.1, 0.15) is 6.04 Å². The number of anilines is 1. The number of carbonyl (C=O) groups is 2. The summed E-state index contributed by atoms with van der Waals surface area (Å²) in [6.07, 6.45) is -0.722. The van der Waals surface area contributed by atoms with E-state index in [2.05, 4.69) is 5.32 Å². The Morgan fingerprint density at radius 1 is 1.20 bits per heavy atom. The molecule has 0 saturated carbocycles. The fraction of sp³-hybridized carbons (Fsp3) is 0.529. The molecule has 2 aliphatic rings. The Bertz CT molecular complexity index is 673. The Labute approximate surface area is 147 Å². The minimum Gasteiger partial charge on any atom is -0.465 e. The van der Waals surface area contributed by atoms with Gasteiger partial charge in [0, 0.05) is 12.2 Å². The minimum absolute atomic E-state index is 0.231. The largest absolute Gasteiger partial charge is 0.494 e. The molecule has 2 fully saturated rings. The first-order valence-electron chi connectivity index (χ1n) is 8.37. The van der Waals surface area contributed by atoms with Crippen LogP contribution in [0.2, 0.25) is 0 Å². The van der Waals surface area contributed by atoms with Crippen LogP contribution in [0.25, 0.3) is 0 Å². The van der Waals surface area contributed by atoms with Crippen LogP contribution < -0.4 is 15.7 Å². The highest BCUT2D eigenvalue weighted by atomic mass is 16.7. The average molecular weight is 346 g/mol. The van der Waals surface area contributed by atoms with Crippen molar-refractivity contribution in [3.05, 3.63) is 24.3 Å². The number of hydrogen-bond acceptors (Lipinski definition) is 4. The molecule has 0 aliphatic carbocycles. The average Bonchev–Trinajstić information content (AvgIpc) is 2.96. The second kappa shape index (κ2) is 6.03. The number of nitrogens with zero attached hydrogens (tertiary/aromatic N) is 1. The fourth-order valence-electron chi connectivity index (χ4n) is 3.01. The molecule has 7 nitrogen and oxygen atoms in total. The van der Waals surface area contributed by atoms with Crippen LogP contribution >= 0.6 is 0 Å². The predicted molar refractivity (Wildman–Crippen MR) is 94.1 cm³/mol. The van der Waals surface area contributed by atoms with Gasteiger partial charge in [-0.3, -0.25) is 4.79 Å². The molecule has 1 aromatic rings. The van der Waals surface area contributed by atoms with Crippen molar-refractivity contribution in [3.8, 4) is 0 Å². The van der Waals surface area contributed by atoms with Gasteiger partial charge in [-0.2, -0.15) is 0 Å². The first-order chi connectivity index (χ1) is 11.6. The first-order valence-corrected chi connectivity index (χ1v) is 8.37. The fourth-order valence-corrected chi connectivity index (χ4v) is 3.01. The van der Waals surface area contributed by atoms with Crippen LogP contribution in [0.4, 0.5) is 10.5 Å². The molecule has 3 rings (SSSR count). The molecular formula is C17H23BN2O5. The summed E-state index contributed by atoms with van der Waals surface area (Å²) < 4.78 is 12.0. The second-order valence-corrected chi connectivity index (χ2v) is 7.46. The number of rotatable bonds is 3. The standard InChI is InChI=1S/C17H23BN2O5/c1-16(2)17(3,4)25-18(24-16)11-5-7-12(8-6-11)20-10-9-13(14(20)21)19-15(22)23/h5-8,13,19H,9-10H2,1-4H3,(H,22,23). The Balaban J connectivity index is 1.72. The van der Waals surface area contributed by atoms with Crippen LogP contribution in [0, 0.1) is 0 Å². The van der Waals surface area contributed by atoms with E-state index in [1.165, 1.54) is 0 Å². The molecule has 134 valence electrons. The van der Waals surface area contributed by atoms with Crippen LogP contribution in [0.15, 0.2) is 24.3 Å². The highest BCUT2D eigenvalue weighted by molar-refractivity contribution is 6.62. The smallest absolute Gasteiger partial charge is 0.465 e. The first kappa shape index (κ1) is 17.8. The number of amides is 2. The van der Waals surface area contributed by atoms with Crippen molar-refractivity contribution < 1.29 is 24.0 Å². The highest BCUT2D eigenvalue weighted by Gasteiger charge is 2.51. The molecular weight excluding hydrogens is 323 g/mol. The lowest BCUT2D eigenvalue weighted by molar-refractivity contribution is -0.118. The van der Waals surface area contributed by atoms with Gasteiger partial charge in [-0.15, -0.1) is 0 Å². The van der Waals surface area contributed by atoms with Crippen LogP contribution in [0.1, 0.15) is 34.1 Å². The number of hydrogen-bond donors (Lipinski definition) is 2. The van der Waals surface area contributed by atoms with Crippen LogP contribution in [0.5, 0.6) is 0 Å². The molecule has 1 atom stereocenters. The van der Waals surface area contributed by atoms with E-state index < -0.39 is 30.5 Å². The topological polar surface area (TPSA) is 88.1 Å². The molecule has 2 heterocycles. The van der Waals surface area contributed by atoms with E-state index in [0.29, 0.717) is 13.0 Å². The van der Waals surface area contributed by atoms with Crippen molar-refractivity contribution in [3.63, 3.8) is 0 Å².